The first-order valence-corrected chi connectivity index (χ1v) is 8.81. The second-order valence-electron chi connectivity index (χ2n) is 7.39. The molecule has 26 heavy (non-hydrogen) atoms. The van der Waals surface area contributed by atoms with E-state index in [1.165, 1.54) is 4.90 Å². The van der Waals surface area contributed by atoms with Crippen LogP contribution in [0.1, 0.15) is 26.3 Å². The Bertz CT molecular complexity index is 600. The van der Waals surface area contributed by atoms with Gasteiger partial charge in [-0.2, -0.15) is 0 Å². The smallest absolute Gasteiger partial charge is 0.410 e. The van der Waals surface area contributed by atoms with Gasteiger partial charge in [-0.05, 0) is 26.3 Å². The van der Waals surface area contributed by atoms with Gasteiger partial charge in [0.25, 0.3) is 0 Å². The van der Waals surface area contributed by atoms with E-state index in [0.29, 0.717) is 19.6 Å². The predicted octanol–water partition coefficient (Wildman–Crippen LogP) is 1.64. The van der Waals surface area contributed by atoms with Gasteiger partial charge in [0, 0.05) is 19.6 Å². The molecule has 1 fully saturated rings. The fraction of sp³-hybridized carbons (Fsp3) is 0.579. The molecule has 2 rings (SSSR count). The summed E-state index contributed by atoms with van der Waals surface area (Å²) in [4.78, 5) is 27.7. The molecule has 1 amide bonds. The Labute approximate surface area is 154 Å². The first-order valence-electron chi connectivity index (χ1n) is 8.81. The summed E-state index contributed by atoms with van der Waals surface area (Å²) in [5, 5.41) is 9.62. The molecule has 1 aromatic carbocycles. The molecule has 1 saturated heterocycles. The van der Waals surface area contributed by atoms with Crippen LogP contribution in [0, 0.1) is 0 Å². The van der Waals surface area contributed by atoms with Gasteiger partial charge in [-0.3, -0.25) is 9.69 Å². The number of carbonyl (C=O) groups is 2. The Balaban J connectivity index is 1.82. The van der Waals surface area contributed by atoms with Crippen LogP contribution in [0.2, 0.25) is 0 Å². The predicted molar refractivity (Wildman–Crippen MR) is 96.5 cm³/mol. The van der Waals surface area contributed by atoms with Crippen molar-refractivity contribution < 1.29 is 24.2 Å². The van der Waals surface area contributed by atoms with Crippen molar-refractivity contribution in [2.24, 2.45) is 0 Å². The molecule has 7 heteroatoms. The van der Waals surface area contributed by atoms with Crippen LogP contribution in [-0.4, -0.2) is 71.4 Å². The Hall–Kier alpha value is -2.12. The van der Waals surface area contributed by atoms with Crippen LogP contribution in [0.3, 0.4) is 0 Å². The van der Waals surface area contributed by atoms with Crippen molar-refractivity contribution in [3.63, 3.8) is 0 Å². The maximum Gasteiger partial charge on any atom is 0.410 e. The van der Waals surface area contributed by atoms with Crippen molar-refractivity contribution in [1.29, 1.82) is 0 Å². The number of benzene rings is 1. The lowest BCUT2D eigenvalue weighted by Gasteiger charge is -2.40. The monoisotopic (exact) mass is 364 g/mol. The summed E-state index contributed by atoms with van der Waals surface area (Å²) in [6.07, 6.45) is -0.442. The van der Waals surface area contributed by atoms with E-state index < -0.39 is 17.7 Å². The SMILES string of the molecule is CC(C)(C)OC(=O)N1CCN(CC(=O)OCc2ccccc2)CC1CO. The summed E-state index contributed by atoms with van der Waals surface area (Å²) in [6.45, 7) is 6.91. The van der Waals surface area contributed by atoms with E-state index >= 15 is 0 Å². The number of esters is 1. The molecule has 0 bridgehead atoms. The van der Waals surface area contributed by atoms with Gasteiger partial charge in [0.15, 0.2) is 0 Å². The summed E-state index contributed by atoms with van der Waals surface area (Å²) in [6, 6.07) is 9.09. The van der Waals surface area contributed by atoms with Gasteiger partial charge in [-0.1, -0.05) is 30.3 Å². The summed E-state index contributed by atoms with van der Waals surface area (Å²) < 4.78 is 10.7. The van der Waals surface area contributed by atoms with E-state index in [1.54, 1.807) is 20.8 Å². The molecule has 0 aromatic heterocycles. The number of hydrogen-bond donors (Lipinski definition) is 1. The van der Waals surface area contributed by atoms with Crippen molar-refractivity contribution in [3.8, 4) is 0 Å². The van der Waals surface area contributed by atoms with Crippen molar-refractivity contribution in [3.05, 3.63) is 35.9 Å². The lowest BCUT2D eigenvalue weighted by atomic mass is 10.1. The Morgan fingerprint density at radius 3 is 2.50 bits per heavy atom. The standard InChI is InChI=1S/C19H28N2O5/c1-19(2,3)26-18(24)21-10-9-20(11-16(21)13-22)12-17(23)25-14-15-7-5-4-6-8-15/h4-8,16,22H,9-14H2,1-3H3. The number of amides is 1. The topological polar surface area (TPSA) is 79.3 Å². The molecule has 7 nitrogen and oxygen atoms in total. The zero-order valence-corrected chi connectivity index (χ0v) is 15.7. The summed E-state index contributed by atoms with van der Waals surface area (Å²) in [5.74, 6) is -0.323. The molecule has 1 unspecified atom stereocenters. The van der Waals surface area contributed by atoms with E-state index in [4.69, 9.17) is 9.47 Å². The fourth-order valence-electron chi connectivity index (χ4n) is 2.75. The van der Waals surface area contributed by atoms with E-state index in [1.807, 2.05) is 35.2 Å². The van der Waals surface area contributed by atoms with E-state index in [9.17, 15) is 14.7 Å². The number of ether oxygens (including phenoxy) is 2. The van der Waals surface area contributed by atoms with Gasteiger partial charge in [-0.25, -0.2) is 4.79 Å². The lowest BCUT2D eigenvalue weighted by Crippen LogP contribution is -2.58. The lowest BCUT2D eigenvalue weighted by molar-refractivity contribution is -0.147. The molecule has 0 saturated carbocycles. The van der Waals surface area contributed by atoms with Crippen LogP contribution in [0.25, 0.3) is 0 Å². The Morgan fingerprint density at radius 2 is 1.88 bits per heavy atom. The van der Waals surface area contributed by atoms with Gasteiger partial charge in [0.2, 0.25) is 0 Å². The molecule has 1 aliphatic heterocycles. The number of piperazine rings is 1. The van der Waals surface area contributed by atoms with Crippen molar-refractivity contribution >= 4 is 12.1 Å². The fourth-order valence-corrected chi connectivity index (χ4v) is 2.75. The number of rotatable bonds is 5. The van der Waals surface area contributed by atoms with Crippen molar-refractivity contribution in [2.45, 2.75) is 39.0 Å². The first-order chi connectivity index (χ1) is 12.3. The molecular weight excluding hydrogens is 336 g/mol. The van der Waals surface area contributed by atoms with E-state index in [2.05, 4.69) is 0 Å². The molecular formula is C19H28N2O5. The molecule has 144 valence electrons. The number of aliphatic hydroxyl groups is 1. The third-order valence-corrected chi connectivity index (χ3v) is 4.00. The second kappa shape index (κ2) is 9.00. The summed E-state index contributed by atoms with van der Waals surface area (Å²) in [7, 11) is 0. The third-order valence-electron chi connectivity index (χ3n) is 4.00. The minimum absolute atomic E-state index is 0.130. The third kappa shape index (κ3) is 6.31. The van der Waals surface area contributed by atoms with Gasteiger partial charge in [-0.15, -0.1) is 0 Å². The van der Waals surface area contributed by atoms with Crippen LogP contribution in [-0.2, 0) is 20.9 Å². The number of hydrogen-bond acceptors (Lipinski definition) is 6. The van der Waals surface area contributed by atoms with Gasteiger partial charge in [0.1, 0.15) is 12.2 Å². The van der Waals surface area contributed by atoms with Gasteiger partial charge >= 0.3 is 12.1 Å². The van der Waals surface area contributed by atoms with Crippen LogP contribution < -0.4 is 0 Å². The minimum Gasteiger partial charge on any atom is -0.460 e. The van der Waals surface area contributed by atoms with Crippen molar-refractivity contribution in [2.75, 3.05) is 32.8 Å². The average Bonchev–Trinajstić information content (AvgIpc) is 2.59. The highest BCUT2D eigenvalue weighted by molar-refractivity contribution is 5.72. The Morgan fingerprint density at radius 1 is 1.19 bits per heavy atom. The first kappa shape index (κ1) is 20.2. The number of nitrogens with zero attached hydrogens (tertiary/aromatic N) is 2. The molecule has 1 aromatic rings. The molecule has 1 atom stereocenters. The molecule has 1 N–H and O–H groups in total. The van der Waals surface area contributed by atoms with E-state index in [-0.39, 0.29) is 25.7 Å². The maximum atomic E-state index is 12.3. The second-order valence-corrected chi connectivity index (χ2v) is 7.39. The zero-order chi connectivity index (χ0) is 19.2. The molecule has 1 aliphatic rings. The van der Waals surface area contributed by atoms with Gasteiger partial charge < -0.3 is 19.5 Å². The van der Waals surface area contributed by atoms with Gasteiger partial charge in [0.05, 0.1) is 19.2 Å². The number of carbonyl (C=O) groups excluding carboxylic acids is 2. The summed E-state index contributed by atoms with van der Waals surface area (Å²) in [5.41, 5.74) is 0.346. The average molecular weight is 364 g/mol. The molecule has 0 spiro atoms. The quantitative estimate of drug-likeness (QED) is 0.801. The van der Waals surface area contributed by atoms with Crippen LogP contribution in [0.4, 0.5) is 4.79 Å². The largest absolute Gasteiger partial charge is 0.460 e. The highest BCUT2D eigenvalue weighted by Gasteiger charge is 2.33. The molecule has 0 radical (unpaired) electrons. The minimum atomic E-state index is -0.588. The van der Waals surface area contributed by atoms with Crippen molar-refractivity contribution in [1.82, 2.24) is 9.80 Å². The van der Waals surface area contributed by atoms with Crippen LogP contribution >= 0.6 is 0 Å². The molecule has 1 heterocycles. The number of aliphatic hydroxyl groups excluding tert-OH is 1. The zero-order valence-electron chi connectivity index (χ0n) is 15.7. The van der Waals surface area contributed by atoms with E-state index in [0.717, 1.165) is 5.56 Å². The van der Waals surface area contributed by atoms with Crippen LogP contribution in [0.5, 0.6) is 0 Å². The Kier molecular flexibility index (Phi) is 6.99. The molecule has 0 aliphatic carbocycles. The highest BCUT2D eigenvalue weighted by atomic mass is 16.6. The highest BCUT2D eigenvalue weighted by Crippen LogP contribution is 2.16. The maximum absolute atomic E-state index is 12.3. The van der Waals surface area contributed by atoms with Crippen LogP contribution in [0.15, 0.2) is 30.3 Å². The normalized spacial score (nSPS) is 18.5. The summed E-state index contributed by atoms with van der Waals surface area (Å²) >= 11 is 0.